The number of ketones is 1. The van der Waals surface area contributed by atoms with Gasteiger partial charge in [0.1, 0.15) is 11.8 Å². The highest BCUT2D eigenvalue weighted by Crippen LogP contribution is 2.53. The molecule has 194 valence electrons. The first-order valence-corrected chi connectivity index (χ1v) is 14.0. The summed E-state index contributed by atoms with van der Waals surface area (Å²) in [6.45, 7) is 1.94. The average Bonchev–Trinajstić information content (AvgIpc) is 3.64. The number of rotatable bonds is 7. The van der Waals surface area contributed by atoms with E-state index in [-0.39, 0.29) is 11.7 Å². The smallest absolute Gasteiger partial charge is 0.255 e. The van der Waals surface area contributed by atoms with Gasteiger partial charge in [-0.25, -0.2) is 0 Å². The fraction of sp³-hybridized carbons (Fsp3) is 0.207. The average molecular weight is 565 g/mol. The number of primary amides is 1. The Hall–Kier alpha value is -3.46. The fourth-order valence-corrected chi connectivity index (χ4v) is 7.44. The normalized spacial score (nSPS) is 20.9. The summed E-state index contributed by atoms with van der Waals surface area (Å²) in [5.41, 5.74) is 8.11. The molecule has 0 aliphatic carbocycles. The van der Waals surface area contributed by atoms with Crippen molar-refractivity contribution in [3.63, 3.8) is 0 Å². The summed E-state index contributed by atoms with van der Waals surface area (Å²) in [7, 11) is 1.55. The van der Waals surface area contributed by atoms with E-state index in [1.807, 2.05) is 36.6 Å². The zero-order chi connectivity index (χ0) is 27.0. The van der Waals surface area contributed by atoms with E-state index in [2.05, 4.69) is 0 Å². The number of Topliss-reactive ketones (excluding diaryl/α,β-unsaturated/α-hetero) is 1. The third kappa shape index (κ3) is 4.64. The molecule has 0 radical (unpaired) electrons. The molecule has 0 bridgehead atoms. The number of nitrogens with two attached hydrogens (primary N) is 1. The lowest BCUT2D eigenvalue weighted by molar-refractivity contribution is -0.122. The van der Waals surface area contributed by atoms with Gasteiger partial charge in [0.15, 0.2) is 5.78 Å². The van der Waals surface area contributed by atoms with E-state index in [9.17, 15) is 14.4 Å². The van der Waals surface area contributed by atoms with Crippen molar-refractivity contribution >= 4 is 51.9 Å². The van der Waals surface area contributed by atoms with Gasteiger partial charge in [0, 0.05) is 16.4 Å². The molecule has 6 nitrogen and oxygen atoms in total. The Balaban J connectivity index is 1.78. The number of ether oxygens (including phenoxy) is 1. The number of likely N-dealkylation sites (tertiary alicyclic amines) is 1. The third-order valence-corrected chi connectivity index (χ3v) is 9.32. The predicted octanol–water partition coefficient (Wildman–Crippen LogP) is 6.11. The summed E-state index contributed by atoms with van der Waals surface area (Å²) in [4.78, 5) is 44.6. The van der Waals surface area contributed by atoms with Crippen LogP contribution in [0.5, 0.6) is 5.75 Å². The third-order valence-electron chi connectivity index (χ3n) is 6.98. The molecule has 4 atom stereocenters. The van der Waals surface area contributed by atoms with Crippen molar-refractivity contribution in [1.29, 1.82) is 0 Å². The van der Waals surface area contributed by atoms with Gasteiger partial charge in [-0.2, -0.15) is 0 Å². The van der Waals surface area contributed by atoms with E-state index >= 15 is 0 Å². The van der Waals surface area contributed by atoms with Gasteiger partial charge in [-0.15, -0.1) is 22.7 Å². The SMILES string of the molecule is COc1cccc(C2C(C(=O)c3ccc(Cl)s3)C(c3sccc3C)N(C(=O)c3ccccc3)C2C(N)=O)c1. The number of thiophene rings is 2. The molecule has 0 saturated carbocycles. The highest BCUT2D eigenvalue weighted by molar-refractivity contribution is 7.18. The fourth-order valence-electron chi connectivity index (χ4n) is 5.34. The lowest BCUT2D eigenvalue weighted by atomic mass is 9.78. The zero-order valence-electron chi connectivity index (χ0n) is 20.7. The molecule has 9 heteroatoms. The summed E-state index contributed by atoms with van der Waals surface area (Å²) in [6.07, 6.45) is 0. The van der Waals surface area contributed by atoms with Crippen LogP contribution in [0.1, 0.15) is 48.0 Å². The number of hydrogen-bond acceptors (Lipinski definition) is 6. The van der Waals surface area contributed by atoms with Crippen LogP contribution in [0.4, 0.5) is 0 Å². The lowest BCUT2D eigenvalue weighted by Gasteiger charge is -2.30. The number of carbonyl (C=O) groups excluding carboxylic acids is 3. The van der Waals surface area contributed by atoms with Gasteiger partial charge in [-0.3, -0.25) is 14.4 Å². The molecule has 1 aliphatic heterocycles. The highest BCUT2D eigenvalue weighted by Gasteiger charge is 2.57. The molecule has 2 aromatic heterocycles. The van der Waals surface area contributed by atoms with E-state index < -0.39 is 29.8 Å². The van der Waals surface area contributed by atoms with Crippen LogP contribution in [-0.4, -0.2) is 35.6 Å². The number of nitrogens with zero attached hydrogens (tertiary/aromatic N) is 1. The minimum atomic E-state index is -1.08. The Morgan fingerprint density at radius 1 is 1.00 bits per heavy atom. The molecule has 0 spiro atoms. The molecule has 3 heterocycles. The summed E-state index contributed by atoms with van der Waals surface area (Å²) >= 11 is 8.86. The number of amides is 2. The van der Waals surface area contributed by atoms with Crippen LogP contribution in [0.15, 0.2) is 78.2 Å². The van der Waals surface area contributed by atoms with Crippen LogP contribution < -0.4 is 10.5 Å². The molecule has 4 unspecified atom stereocenters. The number of hydrogen-bond donors (Lipinski definition) is 1. The second-order valence-corrected chi connectivity index (χ2v) is 11.8. The first kappa shape index (κ1) is 26.2. The molecule has 38 heavy (non-hydrogen) atoms. The van der Waals surface area contributed by atoms with Gasteiger partial charge in [0.2, 0.25) is 5.91 Å². The van der Waals surface area contributed by atoms with Gasteiger partial charge in [-0.05, 0) is 65.9 Å². The summed E-state index contributed by atoms with van der Waals surface area (Å²) in [6, 6.07) is 19.5. The van der Waals surface area contributed by atoms with Crippen molar-refractivity contribution in [1.82, 2.24) is 4.90 Å². The van der Waals surface area contributed by atoms with Gasteiger partial charge in [0.05, 0.1) is 28.3 Å². The monoisotopic (exact) mass is 564 g/mol. The molecule has 1 aliphatic rings. The molecule has 2 amide bonds. The van der Waals surface area contributed by atoms with Gasteiger partial charge >= 0.3 is 0 Å². The Bertz CT molecular complexity index is 1500. The number of benzene rings is 2. The molecular weight excluding hydrogens is 540 g/mol. The lowest BCUT2D eigenvalue weighted by Crippen LogP contribution is -2.46. The maximum absolute atomic E-state index is 14.3. The number of methoxy groups -OCH3 is 1. The van der Waals surface area contributed by atoms with E-state index in [1.54, 1.807) is 55.6 Å². The molecule has 2 N–H and O–H groups in total. The Kier molecular flexibility index (Phi) is 7.38. The molecule has 5 rings (SSSR count). The Morgan fingerprint density at radius 3 is 2.37 bits per heavy atom. The van der Waals surface area contributed by atoms with Crippen molar-refractivity contribution in [2.75, 3.05) is 7.11 Å². The van der Waals surface area contributed by atoms with Crippen molar-refractivity contribution in [2.45, 2.75) is 24.9 Å². The van der Waals surface area contributed by atoms with Crippen LogP contribution in [0, 0.1) is 12.8 Å². The predicted molar refractivity (Wildman–Crippen MR) is 150 cm³/mol. The zero-order valence-corrected chi connectivity index (χ0v) is 23.1. The molecule has 4 aromatic rings. The maximum Gasteiger partial charge on any atom is 0.255 e. The number of aryl methyl sites for hydroxylation is 1. The van der Waals surface area contributed by atoms with Gasteiger partial charge in [-0.1, -0.05) is 41.9 Å². The van der Waals surface area contributed by atoms with Crippen molar-refractivity contribution in [3.8, 4) is 5.75 Å². The van der Waals surface area contributed by atoms with E-state index in [0.717, 1.165) is 10.4 Å². The Labute approximate surface area is 233 Å². The van der Waals surface area contributed by atoms with Gasteiger partial charge < -0.3 is 15.4 Å². The Morgan fingerprint density at radius 2 is 1.76 bits per heavy atom. The highest BCUT2D eigenvalue weighted by atomic mass is 35.5. The van der Waals surface area contributed by atoms with E-state index in [1.165, 1.54) is 27.6 Å². The molecule has 1 fully saturated rings. The van der Waals surface area contributed by atoms with Gasteiger partial charge in [0.25, 0.3) is 5.91 Å². The van der Waals surface area contributed by atoms with E-state index in [4.69, 9.17) is 22.1 Å². The minimum Gasteiger partial charge on any atom is -0.497 e. The summed E-state index contributed by atoms with van der Waals surface area (Å²) in [5, 5.41) is 1.93. The van der Waals surface area contributed by atoms with Crippen LogP contribution in [0.3, 0.4) is 0 Å². The molecule has 1 saturated heterocycles. The minimum absolute atomic E-state index is 0.192. The number of halogens is 1. The van der Waals surface area contributed by atoms with Crippen LogP contribution in [0.2, 0.25) is 4.34 Å². The van der Waals surface area contributed by atoms with Crippen LogP contribution in [0.25, 0.3) is 0 Å². The van der Waals surface area contributed by atoms with E-state index in [0.29, 0.717) is 26.1 Å². The van der Waals surface area contributed by atoms with Crippen molar-refractivity contribution < 1.29 is 19.1 Å². The summed E-state index contributed by atoms with van der Waals surface area (Å²) < 4.78 is 5.94. The number of carbonyl (C=O) groups is 3. The largest absolute Gasteiger partial charge is 0.497 e. The first-order chi connectivity index (χ1) is 18.3. The molecule has 2 aromatic carbocycles. The second kappa shape index (κ2) is 10.7. The van der Waals surface area contributed by atoms with Crippen LogP contribution >= 0.6 is 34.3 Å². The van der Waals surface area contributed by atoms with Crippen molar-refractivity contribution in [2.24, 2.45) is 11.7 Å². The maximum atomic E-state index is 14.3. The quantitative estimate of drug-likeness (QED) is 0.274. The standard InChI is InChI=1S/C29H25ClN2O4S2/c1-16-13-14-37-27(16)24-23(26(33)20-11-12-21(30)38-20)22(18-9-6-10-19(15-18)36-2)25(28(31)34)32(24)29(35)17-7-4-3-5-8-17/h3-15,22-25H,1-2H3,(H2,31,34). The second-order valence-electron chi connectivity index (χ2n) is 9.13. The van der Waals surface area contributed by atoms with Crippen LogP contribution in [-0.2, 0) is 4.79 Å². The first-order valence-electron chi connectivity index (χ1n) is 12.0. The molecular formula is C29H25ClN2O4S2. The summed E-state index contributed by atoms with van der Waals surface area (Å²) in [5.74, 6) is -2.16. The van der Waals surface area contributed by atoms with Crippen molar-refractivity contribution in [3.05, 3.63) is 109 Å². The topological polar surface area (TPSA) is 89.7 Å².